The highest BCUT2D eigenvalue weighted by Gasteiger charge is 2.20. The summed E-state index contributed by atoms with van der Waals surface area (Å²) in [4.78, 5) is 9.85. The fourth-order valence-electron chi connectivity index (χ4n) is 2.25. The van der Waals surface area contributed by atoms with Gasteiger partial charge in [-0.1, -0.05) is 18.2 Å². The van der Waals surface area contributed by atoms with Crippen LogP contribution in [0.5, 0.6) is 5.88 Å². The molecule has 0 amide bonds. The van der Waals surface area contributed by atoms with Crippen LogP contribution in [0.1, 0.15) is 16.6 Å². The van der Waals surface area contributed by atoms with Crippen LogP contribution in [0.4, 0.5) is 0 Å². The van der Waals surface area contributed by atoms with Gasteiger partial charge in [-0.15, -0.1) is 11.3 Å². The van der Waals surface area contributed by atoms with E-state index >= 15 is 0 Å². The average Bonchev–Trinajstić information content (AvgIpc) is 2.92. The first-order valence-corrected chi connectivity index (χ1v) is 7.15. The van der Waals surface area contributed by atoms with Crippen molar-refractivity contribution < 1.29 is 4.74 Å². The van der Waals surface area contributed by atoms with Crippen LogP contribution >= 0.6 is 11.3 Å². The summed E-state index contributed by atoms with van der Waals surface area (Å²) in [7, 11) is 3.54. The van der Waals surface area contributed by atoms with Gasteiger partial charge in [-0.05, 0) is 24.6 Å². The highest BCUT2D eigenvalue weighted by molar-refractivity contribution is 7.19. The molecule has 3 rings (SSSR count). The number of nitrogens with one attached hydrogen (secondary N) is 1. The lowest BCUT2D eigenvalue weighted by molar-refractivity contribution is 0.384. The molecule has 2 aromatic heterocycles. The lowest BCUT2D eigenvalue weighted by atomic mass is 10.1. The standard InChI is InChI=1S/C15H15N3OS/c1-16-13(14-15(19-2)18-8-7-17-14)12-9-10-5-3-4-6-11(10)20-12/h3-9,13,16H,1-2H3. The van der Waals surface area contributed by atoms with E-state index in [1.807, 2.05) is 7.05 Å². The Hall–Kier alpha value is -1.98. The molecule has 102 valence electrons. The lowest BCUT2D eigenvalue weighted by Crippen LogP contribution is -2.19. The summed E-state index contributed by atoms with van der Waals surface area (Å²) in [6.07, 6.45) is 3.33. The number of fused-ring (bicyclic) bond motifs is 1. The number of nitrogens with zero attached hydrogens (tertiary/aromatic N) is 2. The molecular weight excluding hydrogens is 270 g/mol. The number of thiophene rings is 1. The number of aromatic nitrogens is 2. The fraction of sp³-hybridized carbons (Fsp3) is 0.200. The van der Waals surface area contributed by atoms with Gasteiger partial charge >= 0.3 is 0 Å². The highest BCUT2D eigenvalue weighted by atomic mass is 32.1. The maximum Gasteiger partial charge on any atom is 0.237 e. The Morgan fingerprint density at radius 2 is 2.00 bits per heavy atom. The molecule has 4 nitrogen and oxygen atoms in total. The first-order valence-electron chi connectivity index (χ1n) is 6.34. The predicted octanol–water partition coefficient (Wildman–Crippen LogP) is 3.01. The van der Waals surface area contributed by atoms with Gasteiger partial charge in [0.15, 0.2) is 0 Å². The normalized spacial score (nSPS) is 12.5. The van der Waals surface area contributed by atoms with Crippen molar-refractivity contribution in [2.24, 2.45) is 0 Å². The topological polar surface area (TPSA) is 47.0 Å². The van der Waals surface area contributed by atoms with Crippen LogP contribution in [0, 0.1) is 0 Å². The first kappa shape index (κ1) is 13.0. The van der Waals surface area contributed by atoms with E-state index in [-0.39, 0.29) is 6.04 Å². The van der Waals surface area contributed by atoms with Crippen LogP contribution in [-0.4, -0.2) is 24.1 Å². The summed E-state index contributed by atoms with van der Waals surface area (Å²) in [6.45, 7) is 0. The number of hydrogen-bond donors (Lipinski definition) is 1. The molecule has 2 heterocycles. The number of ether oxygens (including phenoxy) is 1. The van der Waals surface area contributed by atoms with Crippen molar-refractivity contribution in [3.63, 3.8) is 0 Å². The quantitative estimate of drug-likeness (QED) is 0.800. The minimum absolute atomic E-state index is 0.0175. The van der Waals surface area contributed by atoms with Crippen molar-refractivity contribution in [2.45, 2.75) is 6.04 Å². The summed E-state index contributed by atoms with van der Waals surface area (Å²) in [5.41, 5.74) is 0.809. The summed E-state index contributed by atoms with van der Waals surface area (Å²) in [5.74, 6) is 0.560. The zero-order valence-electron chi connectivity index (χ0n) is 11.3. The van der Waals surface area contributed by atoms with Gasteiger partial charge in [-0.3, -0.25) is 4.98 Å². The van der Waals surface area contributed by atoms with E-state index in [1.54, 1.807) is 30.8 Å². The number of benzene rings is 1. The summed E-state index contributed by atoms with van der Waals surface area (Å²) >= 11 is 1.76. The van der Waals surface area contributed by atoms with E-state index < -0.39 is 0 Å². The predicted molar refractivity (Wildman–Crippen MR) is 81.3 cm³/mol. The zero-order chi connectivity index (χ0) is 13.9. The third kappa shape index (κ3) is 2.26. The number of methoxy groups -OCH3 is 1. The van der Waals surface area contributed by atoms with Crippen LogP contribution in [0.2, 0.25) is 0 Å². The molecule has 0 aliphatic rings. The highest BCUT2D eigenvalue weighted by Crippen LogP contribution is 2.34. The summed E-state index contributed by atoms with van der Waals surface area (Å²) in [5, 5.41) is 4.54. The van der Waals surface area contributed by atoms with E-state index in [1.165, 1.54) is 15.0 Å². The first-order chi connectivity index (χ1) is 9.83. The molecule has 0 saturated carbocycles. The molecule has 0 spiro atoms. The van der Waals surface area contributed by atoms with Gasteiger partial charge in [0.2, 0.25) is 5.88 Å². The van der Waals surface area contributed by atoms with Crippen molar-refractivity contribution in [1.82, 2.24) is 15.3 Å². The van der Waals surface area contributed by atoms with E-state index in [2.05, 4.69) is 45.6 Å². The van der Waals surface area contributed by atoms with Gasteiger partial charge in [-0.25, -0.2) is 4.98 Å². The van der Waals surface area contributed by atoms with Gasteiger partial charge < -0.3 is 10.1 Å². The fourth-order valence-corrected chi connectivity index (χ4v) is 3.43. The van der Waals surface area contributed by atoms with Crippen LogP contribution in [-0.2, 0) is 0 Å². The van der Waals surface area contributed by atoms with Gasteiger partial charge in [0.25, 0.3) is 0 Å². The molecule has 0 bridgehead atoms. The van der Waals surface area contributed by atoms with Crippen molar-refractivity contribution in [3.05, 3.63) is 53.3 Å². The summed E-state index contributed by atoms with van der Waals surface area (Å²) < 4.78 is 6.58. The maximum atomic E-state index is 5.31. The minimum Gasteiger partial charge on any atom is -0.480 e. The van der Waals surface area contributed by atoms with Crippen LogP contribution in [0.25, 0.3) is 10.1 Å². The second-order valence-electron chi connectivity index (χ2n) is 4.36. The second-order valence-corrected chi connectivity index (χ2v) is 5.47. The van der Waals surface area contributed by atoms with Gasteiger partial charge in [0.1, 0.15) is 5.69 Å². The molecular formula is C15H15N3OS. The molecule has 3 aromatic rings. The molecule has 0 saturated heterocycles. The Balaban J connectivity index is 2.09. The Kier molecular flexibility index (Phi) is 3.62. The molecule has 5 heteroatoms. The Bertz CT molecular complexity index is 693. The van der Waals surface area contributed by atoms with Crippen molar-refractivity contribution in [1.29, 1.82) is 0 Å². The molecule has 0 fully saturated rings. The minimum atomic E-state index is -0.0175. The molecule has 20 heavy (non-hydrogen) atoms. The van der Waals surface area contributed by atoms with Gasteiger partial charge in [-0.2, -0.15) is 0 Å². The monoisotopic (exact) mass is 285 g/mol. The lowest BCUT2D eigenvalue weighted by Gasteiger charge is -2.15. The van der Waals surface area contributed by atoms with Crippen LogP contribution in [0.3, 0.4) is 0 Å². The van der Waals surface area contributed by atoms with E-state index in [4.69, 9.17) is 4.74 Å². The molecule has 0 aliphatic heterocycles. The number of hydrogen-bond acceptors (Lipinski definition) is 5. The molecule has 0 radical (unpaired) electrons. The molecule has 1 atom stereocenters. The molecule has 1 N–H and O–H groups in total. The summed E-state index contributed by atoms with van der Waals surface area (Å²) in [6, 6.07) is 10.5. The molecule has 0 aliphatic carbocycles. The smallest absolute Gasteiger partial charge is 0.237 e. The third-order valence-electron chi connectivity index (χ3n) is 3.18. The Morgan fingerprint density at radius 3 is 2.75 bits per heavy atom. The van der Waals surface area contributed by atoms with Crippen LogP contribution in [0.15, 0.2) is 42.7 Å². The van der Waals surface area contributed by atoms with Gasteiger partial charge in [0.05, 0.1) is 13.2 Å². The maximum absolute atomic E-state index is 5.31. The van der Waals surface area contributed by atoms with Crippen molar-refractivity contribution in [3.8, 4) is 5.88 Å². The van der Waals surface area contributed by atoms with E-state index in [9.17, 15) is 0 Å². The van der Waals surface area contributed by atoms with Crippen LogP contribution < -0.4 is 10.1 Å². The molecule has 1 unspecified atom stereocenters. The van der Waals surface area contributed by atoms with Gasteiger partial charge in [0, 0.05) is 22.0 Å². The van der Waals surface area contributed by atoms with Crippen molar-refractivity contribution in [2.75, 3.05) is 14.2 Å². The molecule has 1 aromatic carbocycles. The van der Waals surface area contributed by atoms with E-state index in [0.29, 0.717) is 5.88 Å². The number of rotatable bonds is 4. The zero-order valence-corrected chi connectivity index (χ0v) is 12.1. The largest absolute Gasteiger partial charge is 0.480 e. The van der Waals surface area contributed by atoms with Crippen molar-refractivity contribution >= 4 is 21.4 Å². The SMILES string of the molecule is CNC(c1cc2ccccc2s1)c1nccnc1OC. The third-order valence-corrected chi connectivity index (χ3v) is 4.36. The average molecular weight is 285 g/mol. The Labute approximate surface area is 121 Å². The second kappa shape index (κ2) is 5.56. The van der Waals surface area contributed by atoms with E-state index in [0.717, 1.165) is 5.69 Å². The Morgan fingerprint density at radius 1 is 1.20 bits per heavy atom.